The Morgan fingerprint density at radius 3 is 2.48 bits per heavy atom. The summed E-state index contributed by atoms with van der Waals surface area (Å²) in [5, 5.41) is 5.56. The minimum absolute atomic E-state index is 0.0204. The van der Waals surface area contributed by atoms with E-state index in [0.29, 0.717) is 0 Å². The molecular weight excluding hydrogens is 329 g/mol. The van der Waals surface area contributed by atoms with Crippen molar-refractivity contribution in [2.45, 2.75) is 32.9 Å². The number of amides is 1. The number of benzene rings is 2. The average molecular weight is 350 g/mol. The maximum absolute atomic E-state index is 12.9. The highest BCUT2D eigenvalue weighted by molar-refractivity contribution is 5.92. The van der Waals surface area contributed by atoms with E-state index < -0.39 is 11.7 Å². The zero-order valence-corrected chi connectivity index (χ0v) is 14.2. The molecule has 0 bridgehead atoms. The fourth-order valence-corrected chi connectivity index (χ4v) is 2.60. The Balaban J connectivity index is 1.97. The molecule has 0 radical (unpaired) electrons. The van der Waals surface area contributed by atoms with Gasteiger partial charge in [0, 0.05) is 24.3 Å². The highest BCUT2D eigenvalue weighted by atomic mass is 19.4. The lowest BCUT2D eigenvalue weighted by Crippen LogP contribution is -2.19. The summed E-state index contributed by atoms with van der Waals surface area (Å²) in [6.07, 6.45) is -3.57. The van der Waals surface area contributed by atoms with Crippen molar-refractivity contribution in [2.75, 3.05) is 17.2 Å². The molecule has 0 aromatic heterocycles. The number of carbonyl (C=O) groups excluding carboxylic acids is 1. The van der Waals surface area contributed by atoms with Crippen LogP contribution in [0.1, 0.15) is 30.0 Å². The van der Waals surface area contributed by atoms with Gasteiger partial charge in [0.1, 0.15) is 0 Å². The van der Waals surface area contributed by atoms with Crippen molar-refractivity contribution < 1.29 is 18.0 Å². The first-order chi connectivity index (χ1) is 11.8. The van der Waals surface area contributed by atoms with E-state index in [0.717, 1.165) is 29.3 Å². The Labute approximate surface area is 145 Å². The van der Waals surface area contributed by atoms with Crippen LogP contribution in [0.25, 0.3) is 0 Å². The Hall–Kier alpha value is -2.50. The third kappa shape index (κ3) is 4.98. The molecule has 0 aliphatic carbocycles. The molecule has 0 fully saturated rings. The smallest absolute Gasteiger partial charge is 0.384 e. The molecule has 6 heteroatoms. The Morgan fingerprint density at radius 2 is 1.80 bits per heavy atom. The highest BCUT2D eigenvalue weighted by Gasteiger charge is 2.33. The predicted molar refractivity (Wildman–Crippen MR) is 93.7 cm³/mol. The normalized spacial score (nSPS) is 11.2. The summed E-state index contributed by atoms with van der Waals surface area (Å²) in [7, 11) is 0. The minimum atomic E-state index is -4.43. The number of anilines is 2. The highest BCUT2D eigenvalue weighted by Crippen LogP contribution is 2.34. The first kappa shape index (κ1) is 18.8. The molecular formula is C19H21F3N2O. The van der Waals surface area contributed by atoms with E-state index in [1.54, 1.807) is 0 Å². The number of hydrogen-bond donors (Lipinski definition) is 2. The third-order valence-corrected chi connectivity index (χ3v) is 3.90. The van der Waals surface area contributed by atoms with E-state index in [9.17, 15) is 18.0 Å². The second kappa shape index (κ2) is 8.05. The number of carbonyl (C=O) groups is 1. The van der Waals surface area contributed by atoms with Crippen LogP contribution in [-0.2, 0) is 17.4 Å². The molecule has 0 spiro atoms. The van der Waals surface area contributed by atoms with Crippen molar-refractivity contribution in [2.24, 2.45) is 0 Å². The number of nitrogens with one attached hydrogen (secondary N) is 2. The summed E-state index contributed by atoms with van der Waals surface area (Å²) in [6, 6.07) is 11.0. The van der Waals surface area contributed by atoms with Gasteiger partial charge in [0.15, 0.2) is 0 Å². The van der Waals surface area contributed by atoms with Gasteiger partial charge in [-0.1, -0.05) is 37.3 Å². The van der Waals surface area contributed by atoms with Crippen molar-refractivity contribution >= 4 is 17.3 Å². The van der Waals surface area contributed by atoms with E-state index in [1.165, 1.54) is 18.2 Å². The van der Waals surface area contributed by atoms with Gasteiger partial charge < -0.3 is 10.6 Å². The van der Waals surface area contributed by atoms with Crippen LogP contribution >= 0.6 is 0 Å². The van der Waals surface area contributed by atoms with Crippen LogP contribution < -0.4 is 10.6 Å². The van der Waals surface area contributed by atoms with Crippen LogP contribution in [0.2, 0.25) is 0 Å². The van der Waals surface area contributed by atoms with Crippen LogP contribution in [0.5, 0.6) is 0 Å². The molecule has 2 N–H and O–H groups in total. The zero-order chi connectivity index (χ0) is 18.4. The van der Waals surface area contributed by atoms with Gasteiger partial charge in [-0.15, -0.1) is 0 Å². The quantitative estimate of drug-likeness (QED) is 0.768. The first-order valence-corrected chi connectivity index (χ1v) is 8.11. The van der Waals surface area contributed by atoms with Crippen LogP contribution in [0, 0.1) is 6.92 Å². The summed E-state index contributed by atoms with van der Waals surface area (Å²) in [4.78, 5) is 12.1. The second-order valence-corrected chi connectivity index (χ2v) is 5.73. The van der Waals surface area contributed by atoms with E-state index in [-0.39, 0.29) is 24.6 Å². The molecule has 2 aromatic rings. The van der Waals surface area contributed by atoms with Gasteiger partial charge in [0.2, 0.25) is 5.91 Å². The zero-order valence-electron chi connectivity index (χ0n) is 14.2. The number of hydrogen-bond acceptors (Lipinski definition) is 2. The summed E-state index contributed by atoms with van der Waals surface area (Å²) in [5.74, 6) is -0.235. The topological polar surface area (TPSA) is 41.1 Å². The van der Waals surface area contributed by atoms with E-state index in [1.807, 2.05) is 32.0 Å². The number of rotatable bonds is 6. The molecule has 2 rings (SSSR count). The molecule has 2 aromatic carbocycles. The van der Waals surface area contributed by atoms with Crippen LogP contribution in [-0.4, -0.2) is 12.5 Å². The van der Waals surface area contributed by atoms with Gasteiger partial charge in [0.25, 0.3) is 0 Å². The van der Waals surface area contributed by atoms with Crippen molar-refractivity contribution in [3.05, 3.63) is 59.2 Å². The summed E-state index contributed by atoms with van der Waals surface area (Å²) < 4.78 is 38.8. The number of halogens is 3. The van der Waals surface area contributed by atoms with E-state index in [4.69, 9.17) is 0 Å². The van der Waals surface area contributed by atoms with Crippen molar-refractivity contribution in [1.29, 1.82) is 0 Å². The van der Waals surface area contributed by atoms with E-state index in [2.05, 4.69) is 10.6 Å². The standard InChI is InChI=1S/C19H21F3N2O/c1-3-14-8-6-7-13(2)18(14)24-17(25)11-12-23-16-10-5-4-9-15(16)19(20,21)22/h4-10,23H,3,11-12H2,1-2H3,(H,24,25). The van der Waals surface area contributed by atoms with Crippen LogP contribution in [0.3, 0.4) is 0 Å². The molecule has 1 amide bonds. The molecule has 0 aliphatic heterocycles. The maximum atomic E-state index is 12.9. The third-order valence-electron chi connectivity index (χ3n) is 3.90. The maximum Gasteiger partial charge on any atom is 0.418 e. The number of alkyl halides is 3. The average Bonchev–Trinajstić information content (AvgIpc) is 2.56. The Bertz CT molecular complexity index is 742. The van der Waals surface area contributed by atoms with Crippen molar-refractivity contribution in [3.63, 3.8) is 0 Å². The van der Waals surface area contributed by atoms with Gasteiger partial charge in [-0.3, -0.25) is 4.79 Å². The fraction of sp³-hybridized carbons (Fsp3) is 0.316. The van der Waals surface area contributed by atoms with E-state index >= 15 is 0 Å². The molecule has 0 heterocycles. The molecule has 134 valence electrons. The monoisotopic (exact) mass is 350 g/mol. The molecule has 0 unspecified atom stereocenters. The van der Waals surface area contributed by atoms with Crippen LogP contribution in [0.4, 0.5) is 24.5 Å². The largest absolute Gasteiger partial charge is 0.418 e. The molecule has 0 aliphatic rings. The second-order valence-electron chi connectivity index (χ2n) is 5.73. The Morgan fingerprint density at radius 1 is 1.08 bits per heavy atom. The van der Waals surface area contributed by atoms with Gasteiger partial charge in [0.05, 0.1) is 5.56 Å². The van der Waals surface area contributed by atoms with Gasteiger partial charge in [-0.25, -0.2) is 0 Å². The SMILES string of the molecule is CCc1cccc(C)c1NC(=O)CCNc1ccccc1C(F)(F)F. The minimum Gasteiger partial charge on any atom is -0.384 e. The lowest BCUT2D eigenvalue weighted by Gasteiger charge is -2.15. The lowest BCUT2D eigenvalue weighted by molar-refractivity contribution is -0.137. The molecule has 0 atom stereocenters. The molecule has 0 saturated heterocycles. The summed E-state index contributed by atoms with van der Waals surface area (Å²) >= 11 is 0. The van der Waals surface area contributed by atoms with Crippen molar-refractivity contribution in [3.8, 4) is 0 Å². The molecule has 0 saturated carbocycles. The predicted octanol–water partition coefficient (Wildman–Crippen LogP) is 5.02. The van der Waals surface area contributed by atoms with Crippen molar-refractivity contribution in [1.82, 2.24) is 0 Å². The van der Waals surface area contributed by atoms with Gasteiger partial charge in [-0.2, -0.15) is 13.2 Å². The Kier molecular flexibility index (Phi) is 6.07. The van der Waals surface area contributed by atoms with Gasteiger partial charge >= 0.3 is 6.18 Å². The summed E-state index contributed by atoms with van der Waals surface area (Å²) in [5.41, 5.74) is 2.02. The van der Waals surface area contributed by atoms with Gasteiger partial charge in [-0.05, 0) is 36.6 Å². The number of para-hydroxylation sites is 2. The summed E-state index contributed by atoms with van der Waals surface area (Å²) in [6.45, 7) is 4.03. The lowest BCUT2D eigenvalue weighted by atomic mass is 10.1. The number of aryl methyl sites for hydroxylation is 2. The molecule has 3 nitrogen and oxygen atoms in total. The first-order valence-electron chi connectivity index (χ1n) is 8.11. The molecule has 25 heavy (non-hydrogen) atoms. The van der Waals surface area contributed by atoms with Crippen LogP contribution in [0.15, 0.2) is 42.5 Å². The fourth-order valence-electron chi connectivity index (χ4n) is 2.60.